The second kappa shape index (κ2) is 6.16. The number of anilines is 1. The van der Waals surface area contributed by atoms with Crippen molar-refractivity contribution in [2.24, 2.45) is 0 Å². The minimum absolute atomic E-state index is 0.148. The number of aryl methyl sites for hydroxylation is 1. The maximum Gasteiger partial charge on any atom is 0.261 e. The number of hydrogen-bond donors (Lipinski definition) is 1. The van der Waals surface area contributed by atoms with E-state index in [0.29, 0.717) is 10.7 Å². The molecule has 0 atom stereocenters. The molecule has 106 valence electrons. The molecule has 2 aromatic rings. The molecule has 0 aliphatic carbocycles. The summed E-state index contributed by atoms with van der Waals surface area (Å²) in [5, 5.41) is 0.388. The lowest BCUT2D eigenvalue weighted by atomic mass is 10.1. The first-order valence-corrected chi connectivity index (χ1v) is 8.64. The van der Waals surface area contributed by atoms with E-state index in [2.05, 4.69) is 20.7 Å². The minimum Gasteiger partial charge on any atom is -0.279 e. The van der Waals surface area contributed by atoms with Gasteiger partial charge in [0.1, 0.15) is 0 Å². The van der Waals surface area contributed by atoms with Gasteiger partial charge in [0.15, 0.2) is 0 Å². The van der Waals surface area contributed by atoms with Gasteiger partial charge in [-0.15, -0.1) is 0 Å². The Kier molecular flexibility index (Phi) is 4.73. The fourth-order valence-corrected chi connectivity index (χ4v) is 3.60. The van der Waals surface area contributed by atoms with Crippen molar-refractivity contribution >= 4 is 43.2 Å². The summed E-state index contributed by atoms with van der Waals surface area (Å²) in [4.78, 5) is 0.148. The maximum atomic E-state index is 12.3. The summed E-state index contributed by atoms with van der Waals surface area (Å²) in [6.45, 7) is 1.97. The van der Waals surface area contributed by atoms with E-state index in [0.717, 1.165) is 16.5 Å². The highest BCUT2D eigenvalue weighted by Gasteiger charge is 2.16. The molecule has 0 saturated heterocycles. The lowest BCUT2D eigenvalue weighted by Crippen LogP contribution is -2.14. The van der Waals surface area contributed by atoms with Gasteiger partial charge in [-0.1, -0.05) is 40.5 Å². The van der Waals surface area contributed by atoms with Gasteiger partial charge in [-0.05, 0) is 48.4 Å². The molecule has 0 heterocycles. The van der Waals surface area contributed by atoms with Crippen molar-refractivity contribution in [3.05, 3.63) is 57.5 Å². The Hall–Kier alpha value is -1.04. The summed E-state index contributed by atoms with van der Waals surface area (Å²) in [7, 11) is -3.63. The number of benzene rings is 2. The summed E-state index contributed by atoms with van der Waals surface area (Å²) < 4.78 is 28.2. The molecule has 0 saturated carbocycles. The molecular weight excluding hydrogens is 362 g/mol. The van der Waals surface area contributed by atoms with Crippen LogP contribution in [0.3, 0.4) is 0 Å². The summed E-state index contributed by atoms with van der Waals surface area (Å²) >= 11 is 9.21. The van der Waals surface area contributed by atoms with Crippen LogP contribution in [0.5, 0.6) is 0 Å². The van der Waals surface area contributed by atoms with Crippen molar-refractivity contribution < 1.29 is 8.42 Å². The molecule has 0 unspecified atom stereocenters. The third-order valence-corrected chi connectivity index (χ3v) is 4.89. The van der Waals surface area contributed by atoms with Crippen molar-refractivity contribution in [2.75, 3.05) is 4.72 Å². The third kappa shape index (κ3) is 3.53. The standard InChI is InChI=1S/C14H13BrClNO2S/c1-2-10-8-11(15)6-7-14(10)17-20(18,19)13-5-3-4-12(16)9-13/h3-9,17H,2H2,1H3. The van der Waals surface area contributed by atoms with Crippen LogP contribution in [-0.2, 0) is 16.4 Å². The van der Waals surface area contributed by atoms with Crippen LogP contribution in [0.4, 0.5) is 5.69 Å². The fraction of sp³-hybridized carbons (Fsp3) is 0.143. The van der Waals surface area contributed by atoms with E-state index in [1.165, 1.54) is 12.1 Å². The normalized spacial score (nSPS) is 11.3. The molecule has 2 aromatic carbocycles. The van der Waals surface area contributed by atoms with Gasteiger partial charge in [0.25, 0.3) is 10.0 Å². The largest absolute Gasteiger partial charge is 0.279 e. The van der Waals surface area contributed by atoms with E-state index in [4.69, 9.17) is 11.6 Å². The lowest BCUT2D eigenvalue weighted by molar-refractivity contribution is 0.601. The Morgan fingerprint density at radius 2 is 1.95 bits per heavy atom. The third-order valence-electron chi connectivity index (χ3n) is 2.80. The van der Waals surface area contributed by atoms with E-state index >= 15 is 0 Å². The highest BCUT2D eigenvalue weighted by atomic mass is 79.9. The maximum absolute atomic E-state index is 12.3. The molecule has 0 radical (unpaired) electrons. The van der Waals surface area contributed by atoms with Crippen LogP contribution in [-0.4, -0.2) is 8.42 Å². The molecule has 2 rings (SSSR count). The van der Waals surface area contributed by atoms with Crippen LogP contribution in [0.15, 0.2) is 51.8 Å². The van der Waals surface area contributed by atoms with Crippen LogP contribution < -0.4 is 4.72 Å². The molecule has 0 bridgehead atoms. The van der Waals surface area contributed by atoms with Gasteiger partial charge < -0.3 is 0 Å². The Balaban J connectivity index is 2.38. The number of hydrogen-bond acceptors (Lipinski definition) is 2. The Morgan fingerprint density at radius 3 is 2.60 bits per heavy atom. The molecular formula is C14H13BrClNO2S. The fourth-order valence-electron chi connectivity index (χ4n) is 1.79. The molecule has 0 spiro atoms. The molecule has 0 aliphatic heterocycles. The lowest BCUT2D eigenvalue weighted by Gasteiger charge is -2.12. The van der Waals surface area contributed by atoms with Crippen LogP contribution >= 0.6 is 27.5 Å². The van der Waals surface area contributed by atoms with Crippen molar-refractivity contribution in [3.8, 4) is 0 Å². The predicted octanol–water partition coefficient (Wildman–Crippen LogP) is 4.47. The molecule has 3 nitrogen and oxygen atoms in total. The van der Waals surface area contributed by atoms with Crippen LogP contribution in [0.1, 0.15) is 12.5 Å². The van der Waals surface area contributed by atoms with E-state index in [9.17, 15) is 8.42 Å². The number of halogens is 2. The van der Waals surface area contributed by atoms with Gasteiger partial charge in [0.2, 0.25) is 0 Å². The van der Waals surface area contributed by atoms with Crippen molar-refractivity contribution in [1.82, 2.24) is 0 Å². The zero-order valence-corrected chi connectivity index (χ0v) is 13.9. The summed E-state index contributed by atoms with van der Waals surface area (Å²) in [5.74, 6) is 0. The van der Waals surface area contributed by atoms with Crippen molar-refractivity contribution in [2.45, 2.75) is 18.2 Å². The zero-order chi connectivity index (χ0) is 14.8. The summed E-state index contributed by atoms with van der Waals surface area (Å²) in [6.07, 6.45) is 0.729. The van der Waals surface area contributed by atoms with Crippen LogP contribution in [0.2, 0.25) is 5.02 Å². The van der Waals surface area contributed by atoms with Gasteiger partial charge in [-0.2, -0.15) is 0 Å². The molecule has 0 amide bonds. The average molecular weight is 375 g/mol. The van der Waals surface area contributed by atoms with E-state index in [-0.39, 0.29) is 4.90 Å². The Labute approximate surface area is 132 Å². The topological polar surface area (TPSA) is 46.2 Å². The van der Waals surface area contributed by atoms with Crippen LogP contribution in [0, 0.1) is 0 Å². The van der Waals surface area contributed by atoms with E-state index in [1.807, 2.05) is 13.0 Å². The van der Waals surface area contributed by atoms with Crippen molar-refractivity contribution in [1.29, 1.82) is 0 Å². The van der Waals surface area contributed by atoms with Gasteiger partial charge in [-0.3, -0.25) is 4.72 Å². The molecule has 1 N–H and O–H groups in total. The molecule has 0 fully saturated rings. The SMILES string of the molecule is CCc1cc(Br)ccc1NS(=O)(=O)c1cccc(Cl)c1. The number of nitrogens with one attached hydrogen (secondary N) is 1. The smallest absolute Gasteiger partial charge is 0.261 e. The average Bonchev–Trinajstić information content (AvgIpc) is 2.40. The van der Waals surface area contributed by atoms with Gasteiger partial charge in [-0.25, -0.2) is 8.42 Å². The second-order valence-corrected chi connectivity index (χ2v) is 7.25. The molecule has 0 aliphatic rings. The van der Waals surface area contributed by atoms with Gasteiger partial charge in [0, 0.05) is 9.50 Å². The Bertz CT molecular complexity index is 732. The Morgan fingerprint density at radius 1 is 1.20 bits per heavy atom. The first kappa shape index (κ1) is 15.4. The highest BCUT2D eigenvalue weighted by molar-refractivity contribution is 9.10. The molecule has 0 aromatic heterocycles. The van der Waals surface area contributed by atoms with E-state index in [1.54, 1.807) is 24.3 Å². The van der Waals surface area contributed by atoms with Crippen LogP contribution in [0.25, 0.3) is 0 Å². The van der Waals surface area contributed by atoms with E-state index < -0.39 is 10.0 Å². The quantitative estimate of drug-likeness (QED) is 0.858. The summed E-state index contributed by atoms with van der Waals surface area (Å²) in [6, 6.07) is 11.6. The molecule has 20 heavy (non-hydrogen) atoms. The predicted molar refractivity (Wildman–Crippen MR) is 85.8 cm³/mol. The monoisotopic (exact) mass is 373 g/mol. The highest BCUT2D eigenvalue weighted by Crippen LogP contribution is 2.25. The number of rotatable bonds is 4. The van der Waals surface area contributed by atoms with Gasteiger partial charge >= 0.3 is 0 Å². The zero-order valence-electron chi connectivity index (χ0n) is 10.7. The number of sulfonamides is 1. The second-order valence-electron chi connectivity index (χ2n) is 4.22. The van der Waals surface area contributed by atoms with Crippen molar-refractivity contribution in [3.63, 3.8) is 0 Å². The summed E-state index contributed by atoms with van der Waals surface area (Å²) in [5.41, 5.74) is 1.50. The van der Waals surface area contributed by atoms with Gasteiger partial charge in [0.05, 0.1) is 10.6 Å². The first-order chi connectivity index (χ1) is 9.42. The minimum atomic E-state index is -3.63. The first-order valence-electron chi connectivity index (χ1n) is 5.99. The molecule has 6 heteroatoms.